The predicted octanol–water partition coefficient (Wildman–Crippen LogP) is 1.74. The number of benzene rings is 1. The van der Waals surface area contributed by atoms with Gasteiger partial charge in [-0.3, -0.25) is 14.9 Å². The molecule has 3 nitrogen and oxygen atoms in total. The third-order valence-electron chi connectivity index (χ3n) is 2.40. The summed E-state index contributed by atoms with van der Waals surface area (Å²) < 4.78 is 0. The van der Waals surface area contributed by atoms with E-state index in [1.54, 1.807) is 12.1 Å². The van der Waals surface area contributed by atoms with Crippen molar-refractivity contribution in [1.82, 2.24) is 5.32 Å². The molecule has 1 aliphatic rings. The van der Waals surface area contributed by atoms with Crippen LogP contribution >= 0.6 is 11.6 Å². The number of imide groups is 1. The van der Waals surface area contributed by atoms with Gasteiger partial charge in [-0.05, 0) is 30.5 Å². The Morgan fingerprint density at radius 3 is 2.60 bits per heavy atom. The Hall–Kier alpha value is -1.35. The van der Waals surface area contributed by atoms with Gasteiger partial charge in [-0.2, -0.15) is 0 Å². The van der Waals surface area contributed by atoms with Crippen molar-refractivity contribution in [2.75, 3.05) is 5.88 Å². The van der Waals surface area contributed by atoms with Gasteiger partial charge in [0.2, 0.25) is 0 Å². The van der Waals surface area contributed by atoms with Gasteiger partial charge in [0.1, 0.15) is 0 Å². The van der Waals surface area contributed by atoms with Crippen LogP contribution in [0.5, 0.6) is 0 Å². The summed E-state index contributed by atoms with van der Waals surface area (Å²) in [7, 11) is 0. The van der Waals surface area contributed by atoms with Crippen molar-refractivity contribution in [3.05, 3.63) is 34.9 Å². The molecule has 2 amide bonds. The van der Waals surface area contributed by atoms with Crippen LogP contribution in [0.25, 0.3) is 0 Å². The van der Waals surface area contributed by atoms with E-state index in [1.807, 2.05) is 6.07 Å². The largest absolute Gasteiger partial charge is 0.288 e. The summed E-state index contributed by atoms with van der Waals surface area (Å²) in [4.78, 5) is 22.6. The molecule has 2 rings (SSSR count). The second kappa shape index (κ2) is 4.03. The number of aryl methyl sites for hydroxylation is 1. The van der Waals surface area contributed by atoms with Crippen molar-refractivity contribution in [2.45, 2.75) is 12.8 Å². The van der Waals surface area contributed by atoms with Crippen LogP contribution in [0.3, 0.4) is 0 Å². The fraction of sp³-hybridized carbons (Fsp3) is 0.273. The zero-order chi connectivity index (χ0) is 10.8. The second-order valence-corrected chi connectivity index (χ2v) is 3.83. The molecule has 4 heteroatoms. The van der Waals surface area contributed by atoms with Crippen LogP contribution in [0, 0.1) is 0 Å². The highest BCUT2D eigenvalue weighted by atomic mass is 35.5. The van der Waals surface area contributed by atoms with Gasteiger partial charge in [-0.1, -0.05) is 6.07 Å². The van der Waals surface area contributed by atoms with Gasteiger partial charge in [0.15, 0.2) is 0 Å². The Morgan fingerprint density at radius 2 is 1.87 bits per heavy atom. The van der Waals surface area contributed by atoms with Crippen LogP contribution in [0.4, 0.5) is 0 Å². The number of carbonyl (C=O) groups is 2. The minimum Gasteiger partial charge on any atom is -0.288 e. The molecule has 0 radical (unpaired) electrons. The van der Waals surface area contributed by atoms with Crippen LogP contribution in [0.1, 0.15) is 32.7 Å². The van der Waals surface area contributed by atoms with E-state index in [2.05, 4.69) is 5.32 Å². The van der Waals surface area contributed by atoms with Crippen LogP contribution in [-0.2, 0) is 6.42 Å². The van der Waals surface area contributed by atoms with Crippen LogP contribution < -0.4 is 5.32 Å². The summed E-state index contributed by atoms with van der Waals surface area (Å²) in [6.07, 6.45) is 1.70. The lowest BCUT2D eigenvalue weighted by molar-refractivity contribution is 0.0879. The normalized spacial score (nSPS) is 13.9. The predicted molar refractivity (Wildman–Crippen MR) is 57.3 cm³/mol. The zero-order valence-electron chi connectivity index (χ0n) is 8.05. The Balaban J connectivity index is 2.30. The smallest absolute Gasteiger partial charge is 0.258 e. The van der Waals surface area contributed by atoms with Crippen molar-refractivity contribution >= 4 is 23.4 Å². The fourth-order valence-electron chi connectivity index (χ4n) is 1.64. The number of fused-ring (bicyclic) bond motifs is 1. The number of hydrogen-bond donors (Lipinski definition) is 1. The van der Waals surface area contributed by atoms with Gasteiger partial charge in [0.25, 0.3) is 11.8 Å². The fourth-order valence-corrected chi connectivity index (χ4v) is 1.78. The Kier molecular flexibility index (Phi) is 2.73. The van der Waals surface area contributed by atoms with E-state index in [-0.39, 0.29) is 11.8 Å². The molecule has 0 fully saturated rings. The minimum atomic E-state index is -0.307. The van der Waals surface area contributed by atoms with E-state index in [0.717, 1.165) is 18.4 Å². The first-order valence-corrected chi connectivity index (χ1v) is 5.30. The topological polar surface area (TPSA) is 46.2 Å². The highest BCUT2D eigenvalue weighted by Gasteiger charge is 2.26. The average Bonchev–Trinajstić information content (AvgIpc) is 2.52. The molecular weight excluding hydrogens is 214 g/mol. The molecular formula is C11H10ClNO2. The molecule has 0 spiro atoms. The zero-order valence-corrected chi connectivity index (χ0v) is 8.80. The number of amides is 2. The van der Waals surface area contributed by atoms with E-state index >= 15 is 0 Å². The van der Waals surface area contributed by atoms with E-state index in [0.29, 0.717) is 17.0 Å². The van der Waals surface area contributed by atoms with Crippen LogP contribution in [-0.4, -0.2) is 17.7 Å². The number of carbonyl (C=O) groups excluding carboxylic acids is 2. The molecule has 1 aromatic carbocycles. The summed E-state index contributed by atoms with van der Waals surface area (Å²) in [6.45, 7) is 0. The monoisotopic (exact) mass is 223 g/mol. The molecule has 0 unspecified atom stereocenters. The third kappa shape index (κ3) is 1.88. The van der Waals surface area contributed by atoms with Crippen molar-refractivity contribution in [3.8, 4) is 0 Å². The molecule has 1 N–H and O–H groups in total. The van der Waals surface area contributed by atoms with E-state index in [4.69, 9.17) is 11.6 Å². The van der Waals surface area contributed by atoms with Crippen molar-refractivity contribution in [2.24, 2.45) is 0 Å². The Labute approximate surface area is 92.4 Å². The Bertz CT molecular complexity index is 429. The van der Waals surface area contributed by atoms with Gasteiger partial charge in [0.05, 0.1) is 11.1 Å². The van der Waals surface area contributed by atoms with Gasteiger partial charge in [-0.25, -0.2) is 0 Å². The number of alkyl halides is 1. The van der Waals surface area contributed by atoms with Gasteiger partial charge in [0, 0.05) is 5.88 Å². The number of halogens is 1. The molecule has 15 heavy (non-hydrogen) atoms. The summed E-state index contributed by atoms with van der Waals surface area (Å²) in [6, 6.07) is 5.32. The molecule has 1 aliphatic heterocycles. The molecule has 0 saturated carbocycles. The van der Waals surface area contributed by atoms with Crippen LogP contribution in [0.2, 0.25) is 0 Å². The molecule has 0 saturated heterocycles. The molecule has 78 valence electrons. The SMILES string of the molecule is O=C1NC(=O)c2cc(CCCCl)ccc21. The molecule has 0 bridgehead atoms. The van der Waals surface area contributed by atoms with E-state index in [1.165, 1.54) is 0 Å². The quantitative estimate of drug-likeness (QED) is 0.627. The summed E-state index contributed by atoms with van der Waals surface area (Å²) in [5.41, 5.74) is 1.99. The van der Waals surface area contributed by atoms with E-state index in [9.17, 15) is 9.59 Å². The molecule has 0 aromatic heterocycles. The minimum absolute atomic E-state index is 0.303. The third-order valence-corrected chi connectivity index (χ3v) is 2.67. The maximum absolute atomic E-state index is 11.3. The molecule has 1 heterocycles. The first-order valence-electron chi connectivity index (χ1n) is 4.77. The maximum Gasteiger partial charge on any atom is 0.258 e. The molecule has 0 atom stereocenters. The van der Waals surface area contributed by atoms with Gasteiger partial charge in [-0.15, -0.1) is 11.6 Å². The van der Waals surface area contributed by atoms with Crippen molar-refractivity contribution in [1.29, 1.82) is 0 Å². The van der Waals surface area contributed by atoms with Gasteiger partial charge < -0.3 is 0 Å². The summed E-state index contributed by atoms with van der Waals surface area (Å²) >= 11 is 5.59. The van der Waals surface area contributed by atoms with Crippen molar-refractivity contribution < 1.29 is 9.59 Å². The first-order chi connectivity index (χ1) is 7.22. The number of rotatable bonds is 3. The lowest BCUT2D eigenvalue weighted by atomic mass is 10.0. The summed E-state index contributed by atoms with van der Waals surface area (Å²) in [5.74, 6) is -0.0102. The lowest BCUT2D eigenvalue weighted by Gasteiger charge is -2.00. The van der Waals surface area contributed by atoms with Crippen LogP contribution in [0.15, 0.2) is 18.2 Å². The highest BCUT2D eigenvalue weighted by Crippen LogP contribution is 2.18. The second-order valence-electron chi connectivity index (χ2n) is 3.46. The number of nitrogens with one attached hydrogen (secondary N) is 1. The number of hydrogen-bond acceptors (Lipinski definition) is 2. The standard InChI is InChI=1S/C11H10ClNO2/c12-5-1-2-7-3-4-8-9(6-7)11(15)13-10(8)14/h3-4,6H,1-2,5H2,(H,13,14,15). The van der Waals surface area contributed by atoms with Crippen molar-refractivity contribution in [3.63, 3.8) is 0 Å². The molecule has 1 aromatic rings. The van der Waals surface area contributed by atoms with E-state index < -0.39 is 0 Å². The van der Waals surface area contributed by atoms with Gasteiger partial charge >= 0.3 is 0 Å². The molecule has 0 aliphatic carbocycles. The maximum atomic E-state index is 11.3. The summed E-state index contributed by atoms with van der Waals surface area (Å²) in [5, 5.41) is 2.26. The highest BCUT2D eigenvalue weighted by molar-refractivity contribution is 6.21. The average molecular weight is 224 g/mol. The first kappa shape index (κ1) is 10.2. The Morgan fingerprint density at radius 1 is 1.13 bits per heavy atom. The lowest BCUT2D eigenvalue weighted by Crippen LogP contribution is -2.19.